The first kappa shape index (κ1) is 11.0. The molecule has 6 heteroatoms. The Morgan fingerprint density at radius 1 is 1.50 bits per heavy atom. The molecule has 2 N–H and O–H groups in total. The van der Waals surface area contributed by atoms with Gasteiger partial charge in [0.15, 0.2) is 0 Å². The van der Waals surface area contributed by atoms with Crippen molar-refractivity contribution in [3.63, 3.8) is 0 Å². The minimum atomic E-state index is 0.152. The van der Waals surface area contributed by atoms with Crippen LogP contribution in [0, 0.1) is 6.92 Å². The maximum atomic E-state index is 10.0. The summed E-state index contributed by atoms with van der Waals surface area (Å²) in [6, 6.07) is 3.60. The zero-order valence-electron chi connectivity index (χ0n) is 9.67. The van der Waals surface area contributed by atoms with Gasteiger partial charge in [-0.15, -0.1) is 0 Å². The molecule has 18 heavy (non-hydrogen) atoms. The Morgan fingerprint density at radius 3 is 3.06 bits per heavy atom. The first-order valence-corrected chi connectivity index (χ1v) is 5.85. The van der Waals surface area contributed by atoms with Crippen molar-refractivity contribution in [2.24, 2.45) is 0 Å². The zero-order valence-corrected chi connectivity index (χ0v) is 10.5. The van der Waals surface area contributed by atoms with E-state index in [4.69, 9.17) is 17.0 Å². The first-order valence-electron chi connectivity index (χ1n) is 5.44. The van der Waals surface area contributed by atoms with Crippen molar-refractivity contribution < 1.29 is 9.84 Å². The van der Waals surface area contributed by atoms with E-state index in [2.05, 4.69) is 10.3 Å². The number of benzene rings is 1. The van der Waals surface area contributed by atoms with E-state index in [1.54, 1.807) is 12.4 Å². The fourth-order valence-electron chi connectivity index (χ4n) is 1.92. The van der Waals surface area contributed by atoms with Gasteiger partial charge in [-0.25, -0.2) is 4.98 Å². The Kier molecular flexibility index (Phi) is 2.45. The number of ether oxygens (including phenoxy) is 1. The molecule has 2 heterocycles. The van der Waals surface area contributed by atoms with E-state index in [0.717, 1.165) is 16.9 Å². The molecule has 0 bridgehead atoms. The molecule has 0 saturated carbocycles. The van der Waals surface area contributed by atoms with Gasteiger partial charge in [0.2, 0.25) is 0 Å². The molecule has 0 saturated heterocycles. The highest BCUT2D eigenvalue weighted by Gasteiger charge is 2.18. The highest BCUT2D eigenvalue weighted by Crippen LogP contribution is 2.33. The maximum Gasteiger partial charge on any atom is 0.261 e. The smallest absolute Gasteiger partial charge is 0.261 e. The number of hydrogen-bond acceptors (Lipinski definition) is 4. The molecule has 92 valence electrons. The molecular formula is C12H11N3O2S. The number of rotatable bonds is 1. The average Bonchev–Trinajstić information content (AvgIpc) is 2.77. The number of nitrogens with zero attached hydrogens (tertiary/aromatic N) is 2. The number of aryl methyl sites for hydroxylation is 1. The number of imidazole rings is 1. The topological polar surface area (TPSA) is 59.3 Å². The summed E-state index contributed by atoms with van der Waals surface area (Å²) in [6.45, 7) is 2.27. The molecule has 1 aliphatic heterocycles. The van der Waals surface area contributed by atoms with Crippen molar-refractivity contribution in [2.75, 3.05) is 5.32 Å². The lowest BCUT2D eigenvalue weighted by Crippen LogP contribution is -2.20. The lowest BCUT2D eigenvalue weighted by Gasteiger charge is -2.21. The van der Waals surface area contributed by atoms with E-state index in [1.165, 1.54) is 0 Å². The van der Waals surface area contributed by atoms with Crippen LogP contribution in [0.25, 0.3) is 5.69 Å². The van der Waals surface area contributed by atoms with Crippen LogP contribution in [0.15, 0.2) is 24.7 Å². The summed E-state index contributed by atoms with van der Waals surface area (Å²) < 4.78 is 7.09. The zero-order chi connectivity index (χ0) is 12.7. The summed E-state index contributed by atoms with van der Waals surface area (Å²) in [7, 11) is 0. The van der Waals surface area contributed by atoms with Crippen molar-refractivity contribution in [1.82, 2.24) is 9.55 Å². The largest absolute Gasteiger partial charge is 0.506 e. The van der Waals surface area contributed by atoms with E-state index >= 15 is 0 Å². The second-order valence-electron chi connectivity index (χ2n) is 4.12. The lowest BCUT2D eigenvalue weighted by atomic mass is 10.1. The van der Waals surface area contributed by atoms with Crippen LogP contribution in [0.3, 0.4) is 0 Å². The van der Waals surface area contributed by atoms with Crippen molar-refractivity contribution in [3.05, 3.63) is 35.9 Å². The minimum Gasteiger partial charge on any atom is -0.506 e. The molecule has 0 amide bonds. The van der Waals surface area contributed by atoms with Crippen LogP contribution in [0.4, 0.5) is 5.69 Å². The van der Waals surface area contributed by atoms with Crippen LogP contribution in [0.2, 0.25) is 0 Å². The van der Waals surface area contributed by atoms with Gasteiger partial charge in [-0.1, -0.05) is 0 Å². The Morgan fingerprint density at radius 2 is 2.33 bits per heavy atom. The maximum absolute atomic E-state index is 10.0. The highest BCUT2D eigenvalue weighted by molar-refractivity contribution is 7.80. The Bertz CT molecular complexity index is 636. The normalized spacial score (nSPS) is 13.7. The van der Waals surface area contributed by atoms with Gasteiger partial charge in [0.05, 0.1) is 23.4 Å². The van der Waals surface area contributed by atoms with Crippen LogP contribution in [-0.2, 0) is 11.3 Å². The quantitative estimate of drug-likeness (QED) is 0.608. The molecule has 0 fully saturated rings. The van der Waals surface area contributed by atoms with Crippen LogP contribution < -0.4 is 5.32 Å². The number of nitrogens with one attached hydrogen (secondary N) is 1. The van der Waals surface area contributed by atoms with E-state index in [9.17, 15) is 5.11 Å². The summed E-state index contributed by atoms with van der Waals surface area (Å²) in [5.41, 5.74) is 3.24. The van der Waals surface area contributed by atoms with Crippen molar-refractivity contribution in [3.8, 4) is 11.4 Å². The number of fused-ring (bicyclic) bond motifs is 1. The molecule has 0 atom stereocenters. The average molecular weight is 261 g/mol. The molecule has 1 aromatic heterocycles. The number of aromatic nitrogens is 2. The fraction of sp³-hybridized carbons (Fsp3) is 0.167. The SMILES string of the molecule is Cc1cn(-c2cc(O)c3c(c2)COC(=S)N3)cn1. The molecule has 0 radical (unpaired) electrons. The standard InChI is InChI=1S/C12H11N3O2S/c1-7-4-15(6-13-7)9-2-8-5-17-12(18)14-11(8)10(16)3-9/h2-4,6,16H,5H2,1H3,(H,14,18). The number of aromatic hydroxyl groups is 1. The summed E-state index contributed by atoms with van der Waals surface area (Å²) in [6.07, 6.45) is 3.60. The fourth-order valence-corrected chi connectivity index (χ4v) is 2.08. The molecule has 1 aromatic carbocycles. The Hall–Kier alpha value is -2.08. The van der Waals surface area contributed by atoms with Gasteiger partial charge in [-0.2, -0.15) is 0 Å². The summed E-state index contributed by atoms with van der Waals surface area (Å²) in [5.74, 6) is 0.152. The molecule has 0 unspecified atom stereocenters. The molecule has 3 rings (SSSR count). The van der Waals surface area contributed by atoms with Gasteiger partial charge in [0.25, 0.3) is 5.17 Å². The number of anilines is 1. The van der Waals surface area contributed by atoms with Crippen LogP contribution in [0.5, 0.6) is 5.75 Å². The van der Waals surface area contributed by atoms with E-state index in [-0.39, 0.29) is 10.9 Å². The summed E-state index contributed by atoms with van der Waals surface area (Å²) in [4.78, 5) is 4.16. The van der Waals surface area contributed by atoms with E-state index < -0.39 is 0 Å². The Balaban J connectivity index is 2.09. The van der Waals surface area contributed by atoms with Gasteiger partial charge >= 0.3 is 0 Å². The van der Waals surface area contributed by atoms with Gasteiger partial charge in [0, 0.05) is 17.8 Å². The highest BCUT2D eigenvalue weighted by atomic mass is 32.1. The molecule has 0 aliphatic carbocycles. The van der Waals surface area contributed by atoms with E-state index in [1.807, 2.05) is 23.8 Å². The van der Waals surface area contributed by atoms with Gasteiger partial charge < -0.3 is 19.7 Å². The van der Waals surface area contributed by atoms with Gasteiger partial charge in [0.1, 0.15) is 12.4 Å². The van der Waals surface area contributed by atoms with Crippen molar-refractivity contribution in [1.29, 1.82) is 0 Å². The van der Waals surface area contributed by atoms with Crippen molar-refractivity contribution >= 4 is 23.1 Å². The van der Waals surface area contributed by atoms with Crippen molar-refractivity contribution in [2.45, 2.75) is 13.5 Å². The molecule has 2 aromatic rings. The predicted molar refractivity (Wildman–Crippen MR) is 71.0 cm³/mol. The molecular weight excluding hydrogens is 250 g/mol. The van der Waals surface area contributed by atoms with E-state index in [0.29, 0.717) is 12.3 Å². The summed E-state index contributed by atoms with van der Waals surface area (Å²) in [5, 5.41) is 13.1. The molecule has 1 aliphatic rings. The van der Waals surface area contributed by atoms with Gasteiger partial charge in [-0.05, 0) is 25.2 Å². The molecule has 0 spiro atoms. The predicted octanol–water partition coefficient (Wildman–Crippen LogP) is 2.11. The number of thiocarbonyl (C=S) groups is 1. The second-order valence-corrected chi connectivity index (χ2v) is 4.49. The first-order chi connectivity index (χ1) is 8.63. The summed E-state index contributed by atoms with van der Waals surface area (Å²) >= 11 is 4.91. The van der Waals surface area contributed by atoms with Crippen LogP contribution >= 0.6 is 12.2 Å². The third-order valence-electron chi connectivity index (χ3n) is 2.78. The number of hydrogen-bond donors (Lipinski definition) is 2. The number of phenols is 1. The monoisotopic (exact) mass is 261 g/mol. The lowest BCUT2D eigenvalue weighted by molar-refractivity contribution is 0.293. The third kappa shape index (κ3) is 1.80. The minimum absolute atomic E-state index is 0.152. The van der Waals surface area contributed by atoms with Crippen LogP contribution in [0.1, 0.15) is 11.3 Å². The second kappa shape index (κ2) is 3.99. The molecule has 5 nitrogen and oxygen atoms in total. The number of phenolic OH excluding ortho intramolecular Hbond substituents is 1. The van der Waals surface area contributed by atoms with Gasteiger partial charge in [-0.3, -0.25) is 0 Å². The third-order valence-corrected chi connectivity index (χ3v) is 3.00. The Labute approximate surface area is 109 Å². The van der Waals surface area contributed by atoms with Crippen LogP contribution in [-0.4, -0.2) is 19.8 Å².